The lowest BCUT2D eigenvalue weighted by Gasteiger charge is -2.28. The summed E-state index contributed by atoms with van der Waals surface area (Å²) in [6.45, 7) is -0.988. The van der Waals surface area contributed by atoms with Crippen molar-refractivity contribution in [1.82, 2.24) is 14.9 Å². The number of halogens is 3. The molecule has 1 saturated carbocycles. The maximum atomic E-state index is 14.1. The summed E-state index contributed by atoms with van der Waals surface area (Å²) in [5, 5.41) is 2.53. The lowest BCUT2D eigenvalue weighted by Crippen LogP contribution is -2.40. The Kier molecular flexibility index (Phi) is 5.76. The van der Waals surface area contributed by atoms with Crippen molar-refractivity contribution in [2.75, 3.05) is 43.6 Å². The zero-order valence-corrected chi connectivity index (χ0v) is 16.4. The van der Waals surface area contributed by atoms with Crippen LogP contribution in [0.4, 0.5) is 30.6 Å². The van der Waals surface area contributed by atoms with Crippen LogP contribution in [0.3, 0.4) is 0 Å². The predicted molar refractivity (Wildman–Crippen MR) is 105 cm³/mol. The molecule has 7 nitrogen and oxygen atoms in total. The van der Waals surface area contributed by atoms with E-state index in [2.05, 4.69) is 15.3 Å². The minimum absolute atomic E-state index is 0.0860. The topological polar surface area (TPSA) is 70.6 Å². The molecule has 0 spiro atoms. The Morgan fingerprint density at radius 1 is 1.30 bits per heavy atom. The van der Waals surface area contributed by atoms with Gasteiger partial charge >= 0.3 is 6.55 Å². The number of carbonyl (C=O) groups is 1. The van der Waals surface area contributed by atoms with Gasteiger partial charge in [0.2, 0.25) is 5.95 Å². The van der Waals surface area contributed by atoms with Gasteiger partial charge in [-0.05, 0) is 42.5 Å². The van der Waals surface area contributed by atoms with Crippen molar-refractivity contribution in [2.45, 2.75) is 25.3 Å². The Morgan fingerprint density at radius 3 is 2.67 bits per heavy atom. The van der Waals surface area contributed by atoms with E-state index in [1.807, 2.05) is 0 Å². The molecule has 0 bridgehead atoms. The van der Waals surface area contributed by atoms with Crippen LogP contribution < -0.4 is 10.2 Å². The summed E-state index contributed by atoms with van der Waals surface area (Å²) in [6, 6.07) is 4.72. The highest BCUT2D eigenvalue weighted by Crippen LogP contribution is 2.46. The van der Waals surface area contributed by atoms with E-state index in [1.54, 1.807) is 11.0 Å². The van der Waals surface area contributed by atoms with Crippen LogP contribution in [0.2, 0.25) is 0 Å². The van der Waals surface area contributed by atoms with Crippen molar-refractivity contribution < 1.29 is 22.7 Å². The summed E-state index contributed by atoms with van der Waals surface area (Å²) in [5.41, 5.74) is 1.32. The third kappa shape index (κ3) is 4.04. The van der Waals surface area contributed by atoms with Crippen molar-refractivity contribution >= 4 is 23.4 Å². The van der Waals surface area contributed by atoms with Crippen molar-refractivity contribution in [2.24, 2.45) is 0 Å². The van der Waals surface area contributed by atoms with Crippen molar-refractivity contribution in [1.29, 1.82) is 0 Å². The van der Waals surface area contributed by atoms with Gasteiger partial charge in [-0.25, -0.2) is 9.37 Å². The highest BCUT2D eigenvalue weighted by molar-refractivity contribution is 5.95. The molecule has 2 aromatic rings. The van der Waals surface area contributed by atoms with Crippen LogP contribution in [0, 0.1) is 5.82 Å². The molecule has 0 radical (unpaired) electrons. The van der Waals surface area contributed by atoms with E-state index in [0.29, 0.717) is 42.3 Å². The van der Waals surface area contributed by atoms with Crippen molar-refractivity contribution in [3.8, 4) is 0 Å². The van der Waals surface area contributed by atoms with Crippen LogP contribution >= 0.6 is 0 Å². The number of alkyl halides is 2. The average molecular weight is 421 g/mol. The number of rotatable bonds is 6. The summed E-state index contributed by atoms with van der Waals surface area (Å²) in [6.07, 6.45) is 2.56. The fourth-order valence-electron chi connectivity index (χ4n) is 3.53. The summed E-state index contributed by atoms with van der Waals surface area (Å²) in [7, 11) is 1.45. The van der Waals surface area contributed by atoms with Crippen LogP contribution in [0.5, 0.6) is 0 Å². The Morgan fingerprint density at radius 2 is 2.03 bits per heavy atom. The number of anilines is 3. The van der Waals surface area contributed by atoms with Crippen molar-refractivity contribution in [3.63, 3.8) is 0 Å². The van der Waals surface area contributed by atoms with Gasteiger partial charge in [-0.15, -0.1) is 0 Å². The summed E-state index contributed by atoms with van der Waals surface area (Å²) >= 11 is 0. The molecule has 160 valence electrons. The molecule has 0 unspecified atom stereocenters. The quantitative estimate of drug-likeness (QED) is 0.722. The van der Waals surface area contributed by atoms with E-state index in [4.69, 9.17) is 4.74 Å². The van der Waals surface area contributed by atoms with E-state index in [9.17, 15) is 18.0 Å². The maximum absolute atomic E-state index is 14.1. The Balaban J connectivity index is 1.72. The molecule has 1 aromatic carbocycles. The second-order valence-electron chi connectivity index (χ2n) is 7.22. The van der Waals surface area contributed by atoms with Crippen LogP contribution in [0.25, 0.3) is 0 Å². The second-order valence-corrected chi connectivity index (χ2v) is 7.22. The van der Waals surface area contributed by atoms with E-state index < -0.39 is 12.4 Å². The number of aromatic nitrogens is 2. The van der Waals surface area contributed by atoms with Gasteiger partial charge in [0.25, 0.3) is 5.91 Å². The third-order valence-corrected chi connectivity index (χ3v) is 5.23. The zero-order valence-electron chi connectivity index (χ0n) is 16.4. The average Bonchev–Trinajstić information content (AvgIpc) is 3.60. The fraction of sp³-hybridized carbons (Fsp3) is 0.450. The molecule has 4 rings (SSSR count). The van der Waals surface area contributed by atoms with Gasteiger partial charge in [-0.3, -0.25) is 9.69 Å². The van der Waals surface area contributed by atoms with Crippen LogP contribution in [0.15, 0.2) is 24.4 Å². The lowest BCUT2D eigenvalue weighted by atomic mass is 10.0. The molecule has 30 heavy (non-hydrogen) atoms. The molecule has 2 aliphatic rings. The molecule has 10 heteroatoms. The first-order valence-corrected chi connectivity index (χ1v) is 9.78. The third-order valence-electron chi connectivity index (χ3n) is 5.23. The summed E-state index contributed by atoms with van der Waals surface area (Å²) in [5.74, 6) is -1.28. The van der Waals surface area contributed by atoms with Gasteiger partial charge < -0.3 is 15.0 Å². The maximum Gasteiger partial charge on any atom is 0.321 e. The molecule has 1 amide bonds. The molecule has 1 aliphatic heterocycles. The van der Waals surface area contributed by atoms with E-state index in [0.717, 1.165) is 19.0 Å². The monoisotopic (exact) mass is 421 g/mol. The van der Waals surface area contributed by atoms with Gasteiger partial charge in [0.1, 0.15) is 0 Å². The number of nitrogens with zero attached hydrogens (tertiary/aromatic N) is 4. The standard InChI is InChI=1S/C20H22F3N5O2/c1-24-17-15(21)11-25-20(26-17)28(19(22)23)16-5-4-13(10-14(16)12-2-3-12)18(29)27-6-8-30-9-7-27/h4-5,10-12,19H,2-3,6-9H2,1H3,(H,24,25,26). The second kappa shape index (κ2) is 8.47. The number of amides is 1. The van der Waals surface area contributed by atoms with Gasteiger partial charge in [-0.2, -0.15) is 13.8 Å². The summed E-state index contributed by atoms with van der Waals surface area (Å²) in [4.78, 5) is 22.9. The molecule has 0 atom stereocenters. The SMILES string of the molecule is CNc1nc(N(c2ccc(C(=O)N3CCOCC3)cc2C2CC2)C(F)F)ncc1F. The minimum Gasteiger partial charge on any atom is -0.378 e. The molecular formula is C20H22F3N5O2. The molecule has 1 aromatic heterocycles. The zero-order chi connectivity index (χ0) is 21.3. The highest BCUT2D eigenvalue weighted by atomic mass is 19.3. The molecule has 1 saturated heterocycles. The number of nitrogens with one attached hydrogen (secondary N) is 1. The lowest BCUT2D eigenvalue weighted by molar-refractivity contribution is 0.0303. The largest absolute Gasteiger partial charge is 0.378 e. The number of ether oxygens (including phenoxy) is 1. The molecule has 1 N–H and O–H groups in total. The van der Waals surface area contributed by atoms with Crippen molar-refractivity contribution in [3.05, 3.63) is 41.3 Å². The summed E-state index contributed by atoms with van der Waals surface area (Å²) < 4.78 is 47.1. The predicted octanol–water partition coefficient (Wildman–Crippen LogP) is 3.37. The Labute approximate surface area is 171 Å². The van der Waals surface area contributed by atoms with Gasteiger partial charge in [0, 0.05) is 25.7 Å². The number of hydrogen-bond donors (Lipinski definition) is 1. The highest BCUT2D eigenvalue weighted by Gasteiger charge is 2.33. The van der Waals surface area contributed by atoms with Gasteiger partial charge in [0.15, 0.2) is 11.6 Å². The molecular weight excluding hydrogens is 399 g/mol. The first-order chi connectivity index (χ1) is 14.5. The first-order valence-electron chi connectivity index (χ1n) is 9.78. The number of benzene rings is 1. The fourth-order valence-corrected chi connectivity index (χ4v) is 3.53. The minimum atomic E-state index is -2.95. The smallest absolute Gasteiger partial charge is 0.321 e. The number of carbonyl (C=O) groups excluding carboxylic acids is 1. The molecule has 2 fully saturated rings. The molecule has 2 heterocycles. The van der Waals surface area contributed by atoms with E-state index in [1.165, 1.54) is 19.2 Å². The number of hydrogen-bond acceptors (Lipinski definition) is 6. The van der Waals surface area contributed by atoms with Crippen LogP contribution in [0.1, 0.15) is 34.7 Å². The van der Waals surface area contributed by atoms with Crippen LogP contribution in [-0.2, 0) is 4.74 Å². The van der Waals surface area contributed by atoms with Gasteiger partial charge in [-0.1, -0.05) is 0 Å². The number of morpholine rings is 1. The Hall–Kier alpha value is -2.88. The molecule has 1 aliphatic carbocycles. The normalized spacial score (nSPS) is 16.6. The van der Waals surface area contributed by atoms with E-state index in [-0.39, 0.29) is 29.3 Å². The Bertz CT molecular complexity index is 933. The first kappa shape index (κ1) is 20.4. The van der Waals surface area contributed by atoms with Crippen LogP contribution in [-0.4, -0.2) is 60.7 Å². The van der Waals surface area contributed by atoms with Gasteiger partial charge in [0.05, 0.1) is 25.1 Å². The van der Waals surface area contributed by atoms with E-state index >= 15 is 0 Å².